The van der Waals surface area contributed by atoms with Gasteiger partial charge in [-0.25, -0.2) is 0 Å². The molecule has 0 aliphatic carbocycles. The maximum absolute atomic E-state index is 12.8. The number of ether oxygens (including phenoxy) is 1. The quantitative estimate of drug-likeness (QED) is 0.403. The van der Waals surface area contributed by atoms with Gasteiger partial charge in [-0.15, -0.1) is 0 Å². The Kier molecular flexibility index (Phi) is 6.93. The largest absolute Gasteiger partial charge is 0.489 e. The van der Waals surface area contributed by atoms with Crippen LogP contribution < -0.4 is 15.4 Å². The molecule has 9 nitrogen and oxygen atoms in total. The number of amides is 2. The van der Waals surface area contributed by atoms with Gasteiger partial charge in [-0.05, 0) is 42.0 Å². The lowest BCUT2D eigenvalue weighted by molar-refractivity contribution is 0.0942. The van der Waals surface area contributed by atoms with Crippen LogP contribution in [0.5, 0.6) is 5.75 Å². The summed E-state index contributed by atoms with van der Waals surface area (Å²) in [5.41, 5.74) is 2.80. The molecule has 2 amide bonds. The fourth-order valence-electron chi connectivity index (χ4n) is 3.27. The van der Waals surface area contributed by atoms with Gasteiger partial charge < -0.3 is 15.4 Å². The Bertz CT molecular complexity index is 1300. The van der Waals surface area contributed by atoms with Gasteiger partial charge in [0, 0.05) is 43.0 Å². The van der Waals surface area contributed by atoms with E-state index in [1.807, 2.05) is 18.3 Å². The van der Waals surface area contributed by atoms with Crippen LogP contribution in [-0.2, 0) is 27.2 Å². The van der Waals surface area contributed by atoms with Gasteiger partial charge in [-0.1, -0.05) is 23.7 Å². The summed E-state index contributed by atoms with van der Waals surface area (Å²) in [5.74, 6) is 0.00505. The Morgan fingerprint density at radius 2 is 1.68 bits per heavy atom. The Morgan fingerprint density at radius 1 is 0.941 bits per heavy atom. The fraction of sp³-hybridized carbons (Fsp3) is 0.167. The van der Waals surface area contributed by atoms with Gasteiger partial charge in [0.15, 0.2) is 0 Å². The van der Waals surface area contributed by atoms with Gasteiger partial charge in [-0.3, -0.25) is 19.0 Å². The number of aromatic nitrogens is 4. The molecule has 0 fully saturated rings. The molecule has 10 heteroatoms. The third-order valence-corrected chi connectivity index (χ3v) is 5.30. The Balaban J connectivity index is 1.36. The smallest absolute Gasteiger partial charge is 0.271 e. The summed E-state index contributed by atoms with van der Waals surface area (Å²) in [5, 5.41) is 14.4. The maximum atomic E-state index is 12.8. The van der Waals surface area contributed by atoms with Crippen LogP contribution in [0.25, 0.3) is 0 Å². The molecule has 0 radical (unpaired) electrons. The molecule has 2 N–H and O–H groups in total. The monoisotopic (exact) mass is 478 g/mol. The number of carbonyl (C=O) groups is 2. The molecular weight excluding hydrogens is 456 g/mol. The highest BCUT2D eigenvalue weighted by atomic mass is 35.5. The summed E-state index contributed by atoms with van der Waals surface area (Å²) in [7, 11) is 3.45. The number of carbonyl (C=O) groups excluding carboxylic acids is 2. The van der Waals surface area contributed by atoms with E-state index in [0.717, 1.165) is 11.1 Å². The SMILES string of the molecule is Cn1cc(CNC(=O)c2c(NC(=O)c3ccc(COc4ccc(Cl)cc4)cc3)cnn2C)cn1. The standard InChI is InChI=1S/C24H23ClN6O3/c1-30-14-17(12-27-30)11-26-24(33)22-21(13-28-31(22)2)29-23(32)18-5-3-16(4-6-18)15-34-20-9-7-19(25)8-10-20/h3-10,12-14H,11,15H2,1-2H3,(H,26,33)(H,29,32). The Labute approximate surface area is 201 Å². The first-order chi connectivity index (χ1) is 16.4. The van der Waals surface area contributed by atoms with Gasteiger partial charge in [0.05, 0.1) is 18.1 Å². The van der Waals surface area contributed by atoms with Gasteiger partial charge in [0.25, 0.3) is 11.8 Å². The molecule has 4 rings (SSSR count). The highest BCUT2D eigenvalue weighted by molar-refractivity contribution is 6.30. The molecular formula is C24H23ClN6O3. The van der Waals surface area contributed by atoms with Crippen molar-refractivity contribution < 1.29 is 14.3 Å². The van der Waals surface area contributed by atoms with Gasteiger partial charge in [0.2, 0.25) is 0 Å². The summed E-state index contributed by atoms with van der Waals surface area (Å²) in [6, 6.07) is 14.1. The van der Waals surface area contributed by atoms with Crippen molar-refractivity contribution in [2.45, 2.75) is 13.2 Å². The number of rotatable bonds is 8. The van der Waals surface area contributed by atoms with E-state index in [4.69, 9.17) is 16.3 Å². The van der Waals surface area contributed by atoms with Gasteiger partial charge in [-0.2, -0.15) is 10.2 Å². The normalized spacial score (nSPS) is 10.7. The molecule has 0 saturated heterocycles. The minimum Gasteiger partial charge on any atom is -0.489 e. The first kappa shape index (κ1) is 23.1. The predicted octanol–water partition coefficient (Wildman–Crippen LogP) is 3.57. The molecule has 2 aromatic heterocycles. The molecule has 34 heavy (non-hydrogen) atoms. The average molecular weight is 479 g/mol. The molecule has 0 atom stereocenters. The van der Waals surface area contributed by atoms with Crippen LogP contribution in [0.2, 0.25) is 5.02 Å². The molecule has 0 bridgehead atoms. The third-order valence-electron chi connectivity index (χ3n) is 5.05. The maximum Gasteiger partial charge on any atom is 0.271 e. The highest BCUT2D eigenvalue weighted by Crippen LogP contribution is 2.18. The van der Waals surface area contributed by atoms with Crippen molar-refractivity contribution in [2.24, 2.45) is 14.1 Å². The van der Waals surface area contributed by atoms with Crippen molar-refractivity contribution in [3.63, 3.8) is 0 Å². The predicted molar refractivity (Wildman–Crippen MR) is 128 cm³/mol. The second kappa shape index (κ2) is 10.2. The van der Waals surface area contributed by atoms with E-state index >= 15 is 0 Å². The summed E-state index contributed by atoms with van der Waals surface area (Å²) in [4.78, 5) is 25.5. The second-order valence-electron chi connectivity index (χ2n) is 7.63. The number of hydrogen-bond donors (Lipinski definition) is 2. The number of halogens is 1. The van der Waals surface area contributed by atoms with E-state index in [0.29, 0.717) is 35.2 Å². The lowest BCUT2D eigenvalue weighted by atomic mass is 10.1. The van der Waals surface area contributed by atoms with Crippen LogP contribution in [0.3, 0.4) is 0 Å². The minimum absolute atomic E-state index is 0.255. The van der Waals surface area contributed by atoms with Crippen molar-refractivity contribution in [1.82, 2.24) is 24.9 Å². The summed E-state index contributed by atoms with van der Waals surface area (Å²) >= 11 is 5.88. The number of nitrogens with one attached hydrogen (secondary N) is 2. The molecule has 0 spiro atoms. The molecule has 174 valence electrons. The summed E-state index contributed by atoms with van der Waals surface area (Å²) in [6.45, 7) is 0.665. The van der Waals surface area contributed by atoms with Gasteiger partial charge >= 0.3 is 0 Å². The highest BCUT2D eigenvalue weighted by Gasteiger charge is 2.19. The van der Waals surface area contributed by atoms with E-state index in [-0.39, 0.29) is 17.5 Å². The first-order valence-electron chi connectivity index (χ1n) is 10.5. The Morgan fingerprint density at radius 3 is 2.35 bits per heavy atom. The number of benzene rings is 2. The van der Waals surface area contributed by atoms with E-state index in [1.165, 1.54) is 10.9 Å². The molecule has 0 unspecified atom stereocenters. The molecule has 2 aromatic carbocycles. The molecule has 0 aliphatic rings. The lowest BCUT2D eigenvalue weighted by Crippen LogP contribution is -2.26. The summed E-state index contributed by atoms with van der Waals surface area (Å²) < 4.78 is 8.81. The van der Waals surface area contributed by atoms with Crippen LogP contribution in [0.1, 0.15) is 32.0 Å². The van der Waals surface area contributed by atoms with Gasteiger partial charge in [0.1, 0.15) is 18.1 Å². The number of anilines is 1. The fourth-order valence-corrected chi connectivity index (χ4v) is 3.40. The van der Waals surface area contributed by atoms with Crippen molar-refractivity contribution in [3.05, 3.63) is 94.5 Å². The van der Waals surface area contributed by atoms with Crippen molar-refractivity contribution in [3.8, 4) is 5.75 Å². The minimum atomic E-state index is -0.353. The third kappa shape index (κ3) is 5.62. The van der Waals surface area contributed by atoms with E-state index < -0.39 is 0 Å². The molecule has 0 aliphatic heterocycles. The zero-order valence-electron chi connectivity index (χ0n) is 18.7. The molecule has 0 saturated carbocycles. The van der Waals surface area contributed by atoms with Crippen molar-refractivity contribution in [2.75, 3.05) is 5.32 Å². The number of aryl methyl sites for hydroxylation is 2. The van der Waals surface area contributed by atoms with E-state index in [2.05, 4.69) is 20.8 Å². The first-order valence-corrected chi connectivity index (χ1v) is 10.8. The van der Waals surface area contributed by atoms with Crippen LogP contribution in [0.15, 0.2) is 67.1 Å². The molecule has 4 aromatic rings. The topological polar surface area (TPSA) is 103 Å². The zero-order valence-corrected chi connectivity index (χ0v) is 19.4. The molecule has 2 heterocycles. The summed E-state index contributed by atoms with van der Waals surface area (Å²) in [6.07, 6.45) is 4.94. The second-order valence-corrected chi connectivity index (χ2v) is 8.07. The lowest BCUT2D eigenvalue weighted by Gasteiger charge is -2.09. The Hall–Kier alpha value is -4.11. The average Bonchev–Trinajstić information content (AvgIpc) is 3.42. The van der Waals surface area contributed by atoms with Crippen LogP contribution in [0, 0.1) is 0 Å². The van der Waals surface area contributed by atoms with Crippen LogP contribution in [0.4, 0.5) is 5.69 Å². The van der Waals surface area contributed by atoms with Crippen LogP contribution in [-0.4, -0.2) is 31.4 Å². The van der Waals surface area contributed by atoms with E-state index in [9.17, 15) is 9.59 Å². The zero-order chi connectivity index (χ0) is 24.1. The van der Waals surface area contributed by atoms with Crippen LogP contribution >= 0.6 is 11.6 Å². The van der Waals surface area contributed by atoms with Crippen molar-refractivity contribution >= 4 is 29.1 Å². The number of nitrogens with zero attached hydrogens (tertiary/aromatic N) is 4. The van der Waals surface area contributed by atoms with E-state index in [1.54, 1.807) is 61.4 Å². The van der Waals surface area contributed by atoms with Crippen molar-refractivity contribution in [1.29, 1.82) is 0 Å². The number of hydrogen-bond acceptors (Lipinski definition) is 5.